The molecular formula is C12H12N4O3. The largest absolute Gasteiger partial charge is 0.482 e. The van der Waals surface area contributed by atoms with Crippen LogP contribution in [0.4, 0.5) is 5.69 Å². The third-order valence-electron chi connectivity index (χ3n) is 2.98. The van der Waals surface area contributed by atoms with Gasteiger partial charge in [0.1, 0.15) is 5.75 Å². The predicted molar refractivity (Wildman–Crippen MR) is 68.9 cm³/mol. The van der Waals surface area contributed by atoms with Crippen molar-refractivity contribution in [1.29, 1.82) is 0 Å². The average Bonchev–Trinajstić information content (AvgIpc) is 2.79. The van der Waals surface area contributed by atoms with Crippen LogP contribution in [-0.4, -0.2) is 22.7 Å². The molecule has 7 nitrogen and oxygen atoms in total. The number of hydrogen-bond donors (Lipinski definition) is 4. The number of ether oxygens (including phenoxy) is 1. The van der Waals surface area contributed by atoms with Crippen molar-refractivity contribution in [1.82, 2.24) is 10.2 Å². The lowest BCUT2D eigenvalue weighted by atomic mass is 10.1. The standard InChI is InChI=1S/C12H12N4O3/c13-4-7-11(15-16-12(7)18)6-1-2-9-8(3-6)14-10(17)5-19-9/h1-3H,4-5,13H2,(H,14,17)(H2,15,16,18). The number of aromatic amines is 2. The van der Waals surface area contributed by atoms with E-state index in [2.05, 4.69) is 15.5 Å². The van der Waals surface area contributed by atoms with Crippen LogP contribution in [-0.2, 0) is 11.3 Å². The van der Waals surface area contributed by atoms with Gasteiger partial charge in [-0.05, 0) is 18.2 Å². The third kappa shape index (κ3) is 1.89. The van der Waals surface area contributed by atoms with Crippen molar-refractivity contribution in [3.63, 3.8) is 0 Å². The second-order valence-electron chi connectivity index (χ2n) is 4.18. The van der Waals surface area contributed by atoms with Gasteiger partial charge in [-0.1, -0.05) is 0 Å². The molecule has 19 heavy (non-hydrogen) atoms. The molecule has 0 fully saturated rings. The zero-order chi connectivity index (χ0) is 13.4. The topological polar surface area (TPSA) is 113 Å². The summed E-state index contributed by atoms with van der Waals surface area (Å²) in [5.74, 6) is 0.404. The number of amides is 1. The van der Waals surface area contributed by atoms with E-state index < -0.39 is 0 Å². The fourth-order valence-electron chi connectivity index (χ4n) is 2.06. The van der Waals surface area contributed by atoms with Crippen molar-refractivity contribution >= 4 is 11.6 Å². The number of carbonyl (C=O) groups excluding carboxylic acids is 1. The molecule has 2 aromatic rings. The molecule has 98 valence electrons. The Morgan fingerprint density at radius 3 is 2.89 bits per heavy atom. The van der Waals surface area contributed by atoms with Crippen molar-refractivity contribution in [2.75, 3.05) is 11.9 Å². The lowest BCUT2D eigenvalue weighted by Gasteiger charge is -2.18. The summed E-state index contributed by atoms with van der Waals surface area (Å²) >= 11 is 0. The molecule has 0 unspecified atom stereocenters. The smallest absolute Gasteiger partial charge is 0.269 e. The number of nitrogens with one attached hydrogen (secondary N) is 3. The Morgan fingerprint density at radius 1 is 1.26 bits per heavy atom. The molecular weight excluding hydrogens is 248 g/mol. The first-order valence-electron chi connectivity index (χ1n) is 5.75. The summed E-state index contributed by atoms with van der Waals surface area (Å²) in [4.78, 5) is 22.8. The lowest BCUT2D eigenvalue weighted by Crippen LogP contribution is -2.25. The number of benzene rings is 1. The van der Waals surface area contributed by atoms with Gasteiger partial charge in [0.2, 0.25) is 0 Å². The van der Waals surface area contributed by atoms with E-state index in [1.165, 1.54) is 0 Å². The van der Waals surface area contributed by atoms with Gasteiger partial charge in [-0.25, -0.2) is 0 Å². The quantitative estimate of drug-likeness (QED) is 0.616. The van der Waals surface area contributed by atoms with E-state index in [9.17, 15) is 9.59 Å². The average molecular weight is 260 g/mol. The summed E-state index contributed by atoms with van der Waals surface area (Å²) in [5.41, 5.74) is 7.75. The summed E-state index contributed by atoms with van der Waals surface area (Å²) < 4.78 is 5.27. The minimum absolute atomic E-state index is 0.0153. The highest BCUT2D eigenvalue weighted by molar-refractivity contribution is 5.96. The van der Waals surface area contributed by atoms with Gasteiger partial charge in [-0.2, -0.15) is 0 Å². The van der Waals surface area contributed by atoms with E-state index in [1.807, 2.05) is 0 Å². The molecule has 0 saturated heterocycles. The zero-order valence-corrected chi connectivity index (χ0v) is 9.95. The van der Waals surface area contributed by atoms with Crippen LogP contribution in [0, 0.1) is 0 Å². The van der Waals surface area contributed by atoms with Crippen molar-refractivity contribution in [2.24, 2.45) is 5.73 Å². The van der Waals surface area contributed by atoms with Crippen LogP contribution in [0.1, 0.15) is 5.56 Å². The minimum Gasteiger partial charge on any atom is -0.482 e. The molecule has 3 rings (SSSR count). The molecule has 0 radical (unpaired) electrons. The van der Waals surface area contributed by atoms with Gasteiger partial charge in [0.15, 0.2) is 6.61 Å². The molecule has 0 bridgehead atoms. The fraction of sp³-hybridized carbons (Fsp3) is 0.167. The normalized spacial score (nSPS) is 13.6. The van der Waals surface area contributed by atoms with Crippen molar-refractivity contribution < 1.29 is 9.53 Å². The minimum atomic E-state index is -0.240. The van der Waals surface area contributed by atoms with E-state index in [0.29, 0.717) is 22.7 Å². The zero-order valence-electron chi connectivity index (χ0n) is 9.95. The maximum Gasteiger partial charge on any atom is 0.269 e. The number of rotatable bonds is 2. The molecule has 5 N–H and O–H groups in total. The molecule has 1 aromatic carbocycles. The summed E-state index contributed by atoms with van der Waals surface area (Å²) in [7, 11) is 0. The van der Waals surface area contributed by atoms with Crippen molar-refractivity contribution in [2.45, 2.75) is 6.54 Å². The summed E-state index contributed by atoms with van der Waals surface area (Å²) in [6, 6.07) is 5.29. The molecule has 2 heterocycles. The van der Waals surface area contributed by atoms with Gasteiger partial charge in [0.05, 0.1) is 16.9 Å². The van der Waals surface area contributed by atoms with Gasteiger partial charge in [0.25, 0.3) is 11.5 Å². The molecule has 7 heteroatoms. The van der Waals surface area contributed by atoms with Crippen molar-refractivity contribution in [3.8, 4) is 17.0 Å². The van der Waals surface area contributed by atoms with Gasteiger partial charge in [0, 0.05) is 12.1 Å². The van der Waals surface area contributed by atoms with E-state index >= 15 is 0 Å². The SMILES string of the molecule is NCc1c(-c2ccc3c(c2)NC(=O)CO3)[nH][nH]c1=O. The molecule has 0 aliphatic carbocycles. The Kier molecular flexibility index (Phi) is 2.60. The van der Waals surface area contributed by atoms with E-state index in [-0.39, 0.29) is 24.6 Å². The molecule has 1 aromatic heterocycles. The molecule has 0 atom stereocenters. The van der Waals surface area contributed by atoms with Crippen LogP contribution in [0.25, 0.3) is 11.3 Å². The number of anilines is 1. The van der Waals surface area contributed by atoms with Crippen LogP contribution in [0.15, 0.2) is 23.0 Å². The highest BCUT2D eigenvalue weighted by atomic mass is 16.5. The van der Waals surface area contributed by atoms with E-state index in [4.69, 9.17) is 10.5 Å². The molecule has 1 aliphatic rings. The number of nitrogens with two attached hydrogens (primary N) is 1. The first-order chi connectivity index (χ1) is 9.19. The highest BCUT2D eigenvalue weighted by Gasteiger charge is 2.18. The van der Waals surface area contributed by atoms with Gasteiger partial charge in [-0.15, -0.1) is 0 Å². The monoisotopic (exact) mass is 260 g/mol. The Bertz CT molecular complexity index is 701. The summed E-state index contributed by atoms with van der Waals surface area (Å²) in [6.45, 7) is 0.148. The number of fused-ring (bicyclic) bond motifs is 1. The number of H-pyrrole nitrogens is 2. The molecule has 0 spiro atoms. The molecule has 1 aliphatic heterocycles. The molecule has 1 amide bonds. The Morgan fingerprint density at radius 2 is 2.11 bits per heavy atom. The highest BCUT2D eigenvalue weighted by Crippen LogP contribution is 2.32. The maximum atomic E-state index is 11.5. The number of aromatic nitrogens is 2. The van der Waals surface area contributed by atoms with Crippen LogP contribution in [0.5, 0.6) is 5.75 Å². The van der Waals surface area contributed by atoms with Crippen LogP contribution in [0.2, 0.25) is 0 Å². The maximum absolute atomic E-state index is 11.5. The Balaban J connectivity index is 2.09. The molecule has 0 saturated carbocycles. The van der Waals surface area contributed by atoms with Gasteiger partial charge in [-0.3, -0.25) is 19.8 Å². The second kappa shape index (κ2) is 4.29. The fourth-order valence-corrected chi connectivity index (χ4v) is 2.06. The third-order valence-corrected chi connectivity index (χ3v) is 2.98. The number of hydrogen-bond acceptors (Lipinski definition) is 4. The van der Waals surface area contributed by atoms with Gasteiger partial charge < -0.3 is 15.8 Å². The Labute approximate surface area is 107 Å². The van der Waals surface area contributed by atoms with Crippen molar-refractivity contribution in [3.05, 3.63) is 34.1 Å². The van der Waals surface area contributed by atoms with Crippen LogP contribution >= 0.6 is 0 Å². The lowest BCUT2D eigenvalue weighted by molar-refractivity contribution is -0.118. The summed E-state index contributed by atoms with van der Waals surface area (Å²) in [5, 5.41) is 8.00. The summed E-state index contributed by atoms with van der Waals surface area (Å²) in [6.07, 6.45) is 0. The Hall–Kier alpha value is -2.54. The predicted octanol–water partition coefficient (Wildman–Crippen LogP) is 0.160. The first kappa shape index (κ1) is 11.5. The van der Waals surface area contributed by atoms with Crippen LogP contribution < -0.4 is 21.3 Å². The van der Waals surface area contributed by atoms with Crippen LogP contribution in [0.3, 0.4) is 0 Å². The number of carbonyl (C=O) groups is 1. The van der Waals surface area contributed by atoms with E-state index in [0.717, 1.165) is 5.56 Å². The van der Waals surface area contributed by atoms with Gasteiger partial charge >= 0.3 is 0 Å². The van der Waals surface area contributed by atoms with E-state index in [1.54, 1.807) is 18.2 Å². The second-order valence-corrected chi connectivity index (χ2v) is 4.18. The first-order valence-corrected chi connectivity index (χ1v) is 5.75.